The Labute approximate surface area is 92.1 Å². The molecule has 0 aromatic heterocycles. The summed E-state index contributed by atoms with van der Waals surface area (Å²) in [6.45, 7) is 3.59. The van der Waals surface area contributed by atoms with Crippen molar-refractivity contribution in [2.75, 3.05) is 13.7 Å². The lowest BCUT2D eigenvalue weighted by Crippen LogP contribution is -2.51. The Hall–Kier alpha value is -0.820. The van der Waals surface area contributed by atoms with Crippen LogP contribution in [0.4, 0.5) is 13.2 Å². The molecule has 1 amide bonds. The molecule has 0 bridgehead atoms. The molecule has 0 aromatic carbocycles. The van der Waals surface area contributed by atoms with Gasteiger partial charge in [-0.05, 0) is 20.8 Å². The molecule has 7 heteroatoms. The highest BCUT2D eigenvalue weighted by Gasteiger charge is 2.45. The molecule has 0 aliphatic heterocycles. The van der Waals surface area contributed by atoms with Crippen LogP contribution in [0.3, 0.4) is 0 Å². The van der Waals surface area contributed by atoms with Crippen molar-refractivity contribution >= 4 is 5.91 Å². The summed E-state index contributed by atoms with van der Waals surface area (Å²) in [5.41, 5.74) is 0. The van der Waals surface area contributed by atoms with E-state index in [0.717, 1.165) is 13.8 Å². The number of nitrogens with one attached hydrogen (secondary N) is 1. The summed E-state index contributed by atoms with van der Waals surface area (Å²) in [4.78, 5) is 11.4. The first kappa shape index (κ1) is 15.2. The van der Waals surface area contributed by atoms with E-state index in [0.29, 0.717) is 0 Å². The smallest absolute Gasteiger partial charge is 0.354 e. The zero-order valence-corrected chi connectivity index (χ0v) is 9.64. The van der Waals surface area contributed by atoms with Gasteiger partial charge in [0, 0.05) is 13.7 Å². The molecule has 0 aromatic rings. The Morgan fingerprint density at radius 3 is 2.25 bits per heavy atom. The van der Waals surface area contributed by atoms with Crippen molar-refractivity contribution in [3.63, 3.8) is 0 Å². The number of amides is 1. The zero-order valence-electron chi connectivity index (χ0n) is 9.64. The van der Waals surface area contributed by atoms with Crippen LogP contribution >= 0.6 is 0 Å². The molecule has 0 aliphatic carbocycles. The van der Waals surface area contributed by atoms with E-state index in [1.807, 2.05) is 0 Å². The highest BCUT2D eigenvalue weighted by atomic mass is 19.4. The third-order valence-corrected chi connectivity index (χ3v) is 1.92. The zero-order chi connectivity index (χ0) is 13.0. The van der Waals surface area contributed by atoms with Gasteiger partial charge < -0.3 is 14.8 Å². The van der Waals surface area contributed by atoms with Gasteiger partial charge in [-0.2, -0.15) is 13.2 Å². The van der Waals surface area contributed by atoms with E-state index in [9.17, 15) is 18.0 Å². The van der Waals surface area contributed by atoms with Gasteiger partial charge in [-0.3, -0.25) is 4.79 Å². The second kappa shape index (κ2) is 5.49. The van der Waals surface area contributed by atoms with Crippen LogP contribution in [-0.2, 0) is 14.3 Å². The lowest BCUT2D eigenvalue weighted by atomic mass is 10.2. The lowest BCUT2D eigenvalue weighted by molar-refractivity contribution is -0.295. The minimum atomic E-state index is -4.54. The van der Waals surface area contributed by atoms with E-state index >= 15 is 0 Å². The number of alkyl halides is 3. The Bertz CT molecular complexity index is 245. The van der Waals surface area contributed by atoms with Gasteiger partial charge in [-0.15, -0.1) is 0 Å². The van der Waals surface area contributed by atoms with E-state index in [1.54, 1.807) is 6.92 Å². The number of hydrogen-bond acceptors (Lipinski definition) is 3. The van der Waals surface area contributed by atoms with Gasteiger partial charge in [-0.1, -0.05) is 0 Å². The maximum atomic E-state index is 12.3. The van der Waals surface area contributed by atoms with Crippen LogP contribution in [0.1, 0.15) is 20.8 Å². The summed E-state index contributed by atoms with van der Waals surface area (Å²) in [6, 6.07) is 0. The maximum absolute atomic E-state index is 12.3. The summed E-state index contributed by atoms with van der Waals surface area (Å²) in [7, 11) is 1.29. The fraction of sp³-hybridized carbons (Fsp3) is 0.889. The van der Waals surface area contributed by atoms with Crippen LogP contribution in [0, 0.1) is 0 Å². The van der Waals surface area contributed by atoms with Gasteiger partial charge in [0.2, 0.25) is 5.79 Å². The molecule has 0 saturated carbocycles. The van der Waals surface area contributed by atoms with Crippen molar-refractivity contribution in [2.24, 2.45) is 0 Å². The van der Waals surface area contributed by atoms with Gasteiger partial charge in [0.15, 0.2) is 6.10 Å². The van der Waals surface area contributed by atoms with Crippen LogP contribution in [0.5, 0.6) is 0 Å². The van der Waals surface area contributed by atoms with E-state index in [-0.39, 0.29) is 6.61 Å². The minimum Gasteiger partial charge on any atom is -0.354 e. The molecule has 0 heterocycles. The first-order chi connectivity index (χ1) is 7.17. The van der Waals surface area contributed by atoms with Crippen molar-refractivity contribution in [1.82, 2.24) is 5.32 Å². The second-order valence-electron chi connectivity index (χ2n) is 3.26. The third kappa shape index (κ3) is 3.97. The lowest BCUT2D eigenvalue weighted by Gasteiger charge is -2.31. The molecule has 0 spiro atoms. The monoisotopic (exact) mass is 243 g/mol. The molecule has 0 saturated heterocycles. The number of carbonyl (C=O) groups is 1. The largest absolute Gasteiger partial charge is 0.414 e. The first-order valence-corrected chi connectivity index (χ1v) is 4.78. The number of ether oxygens (including phenoxy) is 2. The highest BCUT2D eigenvalue weighted by Crippen LogP contribution is 2.27. The van der Waals surface area contributed by atoms with Crippen molar-refractivity contribution in [2.45, 2.75) is 38.8 Å². The first-order valence-electron chi connectivity index (χ1n) is 4.78. The average Bonchev–Trinajstić information content (AvgIpc) is 2.15. The fourth-order valence-corrected chi connectivity index (χ4v) is 1.06. The van der Waals surface area contributed by atoms with Crippen LogP contribution in [0.15, 0.2) is 0 Å². The standard InChI is InChI=1S/C9H16F3NO3/c1-5-15-8(3,7(14)13-4)16-6(2)9(10,11)12/h6H,5H2,1-4H3,(H,13,14)/t6-,8?/m1/s1. The van der Waals surface area contributed by atoms with Gasteiger partial charge in [0.25, 0.3) is 5.91 Å². The van der Waals surface area contributed by atoms with Crippen LogP contribution in [0.2, 0.25) is 0 Å². The van der Waals surface area contributed by atoms with E-state index in [1.165, 1.54) is 7.05 Å². The summed E-state index contributed by atoms with van der Waals surface area (Å²) in [6.07, 6.45) is -6.62. The SMILES string of the molecule is CCOC(C)(O[C@H](C)C(F)(F)F)C(=O)NC. The number of carbonyl (C=O) groups excluding carboxylic acids is 1. The summed E-state index contributed by atoms with van der Waals surface area (Å²) < 4.78 is 46.4. The van der Waals surface area contributed by atoms with E-state index in [2.05, 4.69) is 10.1 Å². The Morgan fingerprint density at radius 2 is 1.94 bits per heavy atom. The average molecular weight is 243 g/mol. The van der Waals surface area contributed by atoms with E-state index in [4.69, 9.17) is 4.74 Å². The quantitative estimate of drug-likeness (QED) is 0.743. The number of halogens is 3. The number of rotatable bonds is 5. The molecule has 0 aliphatic rings. The van der Waals surface area contributed by atoms with Gasteiger partial charge >= 0.3 is 6.18 Å². The summed E-state index contributed by atoms with van der Waals surface area (Å²) in [5, 5.41) is 2.19. The molecule has 0 fully saturated rings. The number of hydrogen-bond donors (Lipinski definition) is 1. The molecular formula is C9H16F3NO3. The Kier molecular flexibility index (Phi) is 5.21. The summed E-state index contributed by atoms with van der Waals surface area (Å²) >= 11 is 0. The Balaban J connectivity index is 4.74. The Morgan fingerprint density at radius 1 is 1.44 bits per heavy atom. The topological polar surface area (TPSA) is 47.6 Å². The van der Waals surface area contributed by atoms with Gasteiger partial charge in [0.05, 0.1) is 0 Å². The van der Waals surface area contributed by atoms with Gasteiger partial charge in [-0.25, -0.2) is 0 Å². The molecule has 1 unspecified atom stereocenters. The van der Waals surface area contributed by atoms with Gasteiger partial charge in [0.1, 0.15) is 0 Å². The molecule has 1 N–H and O–H groups in total. The summed E-state index contributed by atoms with van der Waals surface area (Å²) in [5.74, 6) is -2.69. The number of likely N-dealkylation sites (N-methyl/N-ethyl adjacent to an activating group) is 1. The van der Waals surface area contributed by atoms with Crippen LogP contribution in [-0.4, -0.2) is 37.6 Å². The van der Waals surface area contributed by atoms with Crippen molar-refractivity contribution < 1.29 is 27.4 Å². The molecule has 16 heavy (non-hydrogen) atoms. The molecular weight excluding hydrogens is 227 g/mol. The fourth-order valence-electron chi connectivity index (χ4n) is 1.06. The predicted octanol–water partition coefficient (Wildman–Crippen LogP) is 1.45. The van der Waals surface area contributed by atoms with Crippen LogP contribution in [0.25, 0.3) is 0 Å². The normalized spacial score (nSPS) is 17.7. The minimum absolute atomic E-state index is 0.0640. The molecule has 96 valence electrons. The van der Waals surface area contributed by atoms with Crippen molar-refractivity contribution in [3.8, 4) is 0 Å². The van der Waals surface area contributed by atoms with Crippen LogP contribution < -0.4 is 5.32 Å². The third-order valence-electron chi connectivity index (χ3n) is 1.92. The molecule has 0 radical (unpaired) electrons. The molecule has 2 atom stereocenters. The molecule has 0 rings (SSSR count). The predicted molar refractivity (Wildman–Crippen MR) is 50.7 cm³/mol. The highest BCUT2D eigenvalue weighted by molar-refractivity contribution is 5.82. The second-order valence-corrected chi connectivity index (χ2v) is 3.26. The molecule has 4 nitrogen and oxygen atoms in total. The maximum Gasteiger partial charge on any atom is 0.414 e. The van der Waals surface area contributed by atoms with Crippen molar-refractivity contribution in [1.29, 1.82) is 0 Å². The van der Waals surface area contributed by atoms with Crippen molar-refractivity contribution in [3.05, 3.63) is 0 Å². The van der Waals surface area contributed by atoms with E-state index < -0.39 is 24.0 Å².